The maximum atomic E-state index is 10.8. The lowest BCUT2D eigenvalue weighted by atomic mass is 10.2. The topological polar surface area (TPSA) is 75.0 Å². The molecule has 5 nitrogen and oxygen atoms in total. The van der Waals surface area contributed by atoms with Crippen LogP contribution in [0, 0.1) is 0 Å². The van der Waals surface area contributed by atoms with Gasteiger partial charge < -0.3 is 9.72 Å². The standard InChI is InChI=1S/C8H12N2O3/c1-13-4-2-3-6-5-7(11)10-8(12)9-6/h5H,2-4H2,1H3,(H2,9,10,11,12). The van der Waals surface area contributed by atoms with Crippen LogP contribution >= 0.6 is 0 Å². The molecule has 1 heterocycles. The second-order valence-corrected chi connectivity index (χ2v) is 2.71. The Hall–Kier alpha value is -1.36. The number of methoxy groups -OCH3 is 1. The first-order chi connectivity index (χ1) is 6.22. The molecule has 0 saturated carbocycles. The Morgan fingerprint density at radius 1 is 1.38 bits per heavy atom. The fraction of sp³-hybridized carbons (Fsp3) is 0.500. The molecule has 2 N–H and O–H groups in total. The fourth-order valence-electron chi connectivity index (χ4n) is 1.06. The van der Waals surface area contributed by atoms with E-state index in [1.165, 1.54) is 6.07 Å². The van der Waals surface area contributed by atoms with E-state index in [1.807, 2.05) is 0 Å². The molecule has 1 aromatic rings. The van der Waals surface area contributed by atoms with Gasteiger partial charge in [0.1, 0.15) is 0 Å². The summed E-state index contributed by atoms with van der Waals surface area (Å²) in [5, 5.41) is 0. The van der Waals surface area contributed by atoms with Gasteiger partial charge in [0.2, 0.25) is 0 Å². The van der Waals surface area contributed by atoms with Crippen molar-refractivity contribution in [3.8, 4) is 0 Å². The van der Waals surface area contributed by atoms with Crippen molar-refractivity contribution < 1.29 is 4.74 Å². The maximum absolute atomic E-state index is 10.8. The van der Waals surface area contributed by atoms with Crippen LogP contribution in [0.5, 0.6) is 0 Å². The molecular weight excluding hydrogens is 172 g/mol. The highest BCUT2D eigenvalue weighted by molar-refractivity contribution is 4.98. The molecule has 72 valence electrons. The Kier molecular flexibility index (Phi) is 3.45. The molecule has 0 amide bonds. The largest absolute Gasteiger partial charge is 0.385 e. The van der Waals surface area contributed by atoms with Crippen LogP contribution < -0.4 is 11.2 Å². The van der Waals surface area contributed by atoms with Crippen molar-refractivity contribution in [1.29, 1.82) is 0 Å². The van der Waals surface area contributed by atoms with E-state index in [0.717, 1.165) is 6.42 Å². The monoisotopic (exact) mass is 184 g/mol. The second-order valence-electron chi connectivity index (χ2n) is 2.71. The molecule has 0 fully saturated rings. The third kappa shape index (κ3) is 3.25. The molecule has 0 aliphatic rings. The van der Waals surface area contributed by atoms with Gasteiger partial charge in [0.25, 0.3) is 5.56 Å². The Morgan fingerprint density at radius 2 is 2.15 bits per heavy atom. The van der Waals surface area contributed by atoms with Crippen molar-refractivity contribution in [3.63, 3.8) is 0 Å². The number of H-pyrrole nitrogens is 2. The highest BCUT2D eigenvalue weighted by atomic mass is 16.5. The predicted octanol–water partition coefficient (Wildman–Crippen LogP) is -0.358. The molecule has 0 unspecified atom stereocenters. The first-order valence-electron chi connectivity index (χ1n) is 4.04. The van der Waals surface area contributed by atoms with Gasteiger partial charge >= 0.3 is 5.69 Å². The van der Waals surface area contributed by atoms with Crippen molar-refractivity contribution in [2.75, 3.05) is 13.7 Å². The first kappa shape index (κ1) is 9.73. The summed E-state index contributed by atoms with van der Waals surface area (Å²) >= 11 is 0. The molecule has 0 radical (unpaired) electrons. The van der Waals surface area contributed by atoms with Crippen LogP contribution in [0.25, 0.3) is 0 Å². The van der Waals surface area contributed by atoms with E-state index in [0.29, 0.717) is 18.7 Å². The van der Waals surface area contributed by atoms with Crippen LogP contribution in [-0.2, 0) is 11.2 Å². The van der Waals surface area contributed by atoms with Gasteiger partial charge in [0, 0.05) is 25.5 Å². The zero-order valence-corrected chi connectivity index (χ0v) is 7.42. The smallest absolute Gasteiger partial charge is 0.325 e. The quantitative estimate of drug-likeness (QED) is 0.627. The highest BCUT2D eigenvalue weighted by Crippen LogP contribution is 1.92. The van der Waals surface area contributed by atoms with Crippen LogP contribution in [0.2, 0.25) is 0 Å². The van der Waals surface area contributed by atoms with E-state index in [4.69, 9.17) is 4.74 Å². The van der Waals surface area contributed by atoms with Crippen molar-refractivity contribution in [1.82, 2.24) is 9.97 Å². The van der Waals surface area contributed by atoms with Gasteiger partial charge in [0.05, 0.1) is 0 Å². The third-order valence-corrected chi connectivity index (χ3v) is 1.61. The van der Waals surface area contributed by atoms with Gasteiger partial charge in [-0.3, -0.25) is 9.78 Å². The highest BCUT2D eigenvalue weighted by Gasteiger charge is 1.95. The van der Waals surface area contributed by atoms with Crippen molar-refractivity contribution >= 4 is 0 Å². The minimum absolute atomic E-state index is 0.365. The minimum atomic E-state index is -0.458. The Balaban J connectivity index is 2.67. The maximum Gasteiger partial charge on any atom is 0.325 e. The van der Waals surface area contributed by atoms with Crippen LogP contribution in [0.4, 0.5) is 0 Å². The van der Waals surface area contributed by atoms with E-state index in [-0.39, 0.29) is 5.56 Å². The number of aryl methyl sites for hydroxylation is 1. The number of aromatic amines is 2. The lowest BCUT2D eigenvalue weighted by molar-refractivity contribution is 0.195. The zero-order valence-electron chi connectivity index (χ0n) is 7.42. The molecule has 5 heteroatoms. The van der Waals surface area contributed by atoms with Crippen LogP contribution in [0.15, 0.2) is 15.7 Å². The number of hydrogen-bond acceptors (Lipinski definition) is 3. The zero-order chi connectivity index (χ0) is 9.68. The molecule has 0 bridgehead atoms. The molecule has 1 rings (SSSR count). The number of aromatic nitrogens is 2. The Labute approximate surface area is 74.8 Å². The minimum Gasteiger partial charge on any atom is -0.385 e. The molecule has 0 aromatic carbocycles. The van der Waals surface area contributed by atoms with E-state index in [9.17, 15) is 9.59 Å². The lowest BCUT2D eigenvalue weighted by Crippen LogP contribution is -2.23. The molecule has 1 aromatic heterocycles. The molecule has 13 heavy (non-hydrogen) atoms. The fourth-order valence-corrected chi connectivity index (χ4v) is 1.06. The van der Waals surface area contributed by atoms with Gasteiger partial charge in [-0.15, -0.1) is 0 Å². The summed E-state index contributed by atoms with van der Waals surface area (Å²) < 4.78 is 4.85. The average molecular weight is 184 g/mol. The van der Waals surface area contributed by atoms with E-state index in [1.54, 1.807) is 7.11 Å². The van der Waals surface area contributed by atoms with E-state index >= 15 is 0 Å². The molecular formula is C8H12N2O3. The molecule has 0 aliphatic heterocycles. The molecule has 0 saturated heterocycles. The SMILES string of the molecule is COCCCc1cc(=O)[nH]c(=O)[nH]1. The summed E-state index contributed by atoms with van der Waals surface area (Å²) in [6.07, 6.45) is 1.43. The summed E-state index contributed by atoms with van der Waals surface area (Å²) in [5.74, 6) is 0. The molecule has 0 spiro atoms. The van der Waals surface area contributed by atoms with Crippen molar-refractivity contribution in [3.05, 3.63) is 32.6 Å². The van der Waals surface area contributed by atoms with Gasteiger partial charge in [-0.2, -0.15) is 0 Å². The lowest BCUT2D eigenvalue weighted by Gasteiger charge is -1.98. The molecule has 0 aliphatic carbocycles. The van der Waals surface area contributed by atoms with Gasteiger partial charge in [-0.25, -0.2) is 4.79 Å². The Morgan fingerprint density at radius 3 is 2.77 bits per heavy atom. The number of hydrogen-bond donors (Lipinski definition) is 2. The summed E-state index contributed by atoms with van der Waals surface area (Å²) in [6.45, 7) is 0.620. The first-order valence-corrected chi connectivity index (χ1v) is 4.04. The number of rotatable bonds is 4. The van der Waals surface area contributed by atoms with Crippen LogP contribution in [0.1, 0.15) is 12.1 Å². The number of ether oxygens (including phenoxy) is 1. The second kappa shape index (κ2) is 4.61. The van der Waals surface area contributed by atoms with Crippen LogP contribution in [-0.4, -0.2) is 23.7 Å². The summed E-state index contributed by atoms with van der Waals surface area (Å²) in [7, 11) is 1.61. The van der Waals surface area contributed by atoms with Crippen LogP contribution in [0.3, 0.4) is 0 Å². The van der Waals surface area contributed by atoms with E-state index in [2.05, 4.69) is 9.97 Å². The average Bonchev–Trinajstić information content (AvgIpc) is 2.03. The summed E-state index contributed by atoms with van der Waals surface area (Å²) in [5.41, 5.74) is -0.179. The third-order valence-electron chi connectivity index (χ3n) is 1.61. The summed E-state index contributed by atoms with van der Waals surface area (Å²) in [4.78, 5) is 26.3. The summed E-state index contributed by atoms with van der Waals surface area (Å²) in [6, 6.07) is 1.39. The van der Waals surface area contributed by atoms with Gasteiger partial charge in [-0.05, 0) is 12.8 Å². The Bertz CT molecular complexity index is 338. The predicted molar refractivity (Wildman–Crippen MR) is 47.9 cm³/mol. The van der Waals surface area contributed by atoms with Gasteiger partial charge in [-0.1, -0.05) is 0 Å². The normalized spacial score (nSPS) is 10.2. The van der Waals surface area contributed by atoms with Crippen molar-refractivity contribution in [2.45, 2.75) is 12.8 Å². The van der Waals surface area contributed by atoms with E-state index < -0.39 is 5.69 Å². The van der Waals surface area contributed by atoms with Gasteiger partial charge in [0.15, 0.2) is 0 Å². The number of nitrogens with one attached hydrogen (secondary N) is 2. The van der Waals surface area contributed by atoms with Crippen molar-refractivity contribution in [2.24, 2.45) is 0 Å². The molecule has 0 atom stereocenters.